The number of amides is 2. The summed E-state index contributed by atoms with van der Waals surface area (Å²) in [5.41, 5.74) is 1.93. The molecule has 1 aromatic heterocycles. The number of anilines is 1. The van der Waals surface area contributed by atoms with Gasteiger partial charge in [-0.1, -0.05) is 18.2 Å². The number of phenols is 1. The summed E-state index contributed by atoms with van der Waals surface area (Å²) in [7, 11) is 0. The standard InChI is InChI=1S/C16H17N3O3/c1-11-2-7-14(18-10-11)19-16(22)15(21)17-9-8-12-3-5-13(20)6-4-12/h2-7,10,20H,8-9H2,1H3,(H,17,21)(H,18,19,22). The van der Waals surface area contributed by atoms with Crippen molar-refractivity contribution in [2.24, 2.45) is 0 Å². The van der Waals surface area contributed by atoms with Crippen LogP contribution in [0, 0.1) is 6.92 Å². The fraction of sp³-hybridized carbons (Fsp3) is 0.188. The number of pyridine rings is 1. The minimum atomic E-state index is -0.748. The van der Waals surface area contributed by atoms with Crippen LogP contribution in [0.3, 0.4) is 0 Å². The van der Waals surface area contributed by atoms with Crippen LogP contribution in [0.4, 0.5) is 5.82 Å². The summed E-state index contributed by atoms with van der Waals surface area (Å²) in [6.45, 7) is 2.22. The number of nitrogens with one attached hydrogen (secondary N) is 2. The molecular formula is C16H17N3O3. The Labute approximate surface area is 128 Å². The second kappa shape index (κ2) is 7.21. The van der Waals surface area contributed by atoms with Gasteiger partial charge in [-0.3, -0.25) is 9.59 Å². The Balaban J connectivity index is 1.77. The van der Waals surface area contributed by atoms with Gasteiger partial charge in [0.05, 0.1) is 0 Å². The first-order valence-electron chi connectivity index (χ1n) is 6.84. The molecule has 22 heavy (non-hydrogen) atoms. The maximum absolute atomic E-state index is 11.7. The molecule has 0 atom stereocenters. The van der Waals surface area contributed by atoms with Crippen molar-refractivity contribution in [1.29, 1.82) is 0 Å². The second-order valence-electron chi connectivity index (χ2n) is 4.85. The highest BCUT2D eigenvalue weighted by molar-refractivity contribution is 6.39. The number of benzene rings is 1. The van der Waals surface area contributed by atoms with Crippen molar-refractivity contribution in [3.05, 3.63) is 53.7 Å². The van der Waals surface area contributed by atoms with E-state index in [0.29, 0.717) is 18.8 Å². The van der Waals surface area contributed by atoms with Crippen molar-refractivity contribution >= 4 is 17.6 Å². The maximum atomic E-state index is 11.7. The molecule has 0 spiro atoms. The molecule has 2 amide bonds. The summed E-state index contributed by atoms with van der Waals surface area (Å²) in [5, 5.41) is 14.1. The molecule has 6 nitrogen and oxygen atoms in total. The van der Waals surface area contributed by atoms with Gasteiger partial charge in [-0.25, -0.2) is 4.98 Å². The van der Waals surface area contributed by atoms with Crippen LogP contribution >= 0.6 is 0 Å². The smallest absolute Gasteiger partial charge is 0.314 e. The molecule has 1 heterocycles. The van der Waals surface area contributed by atoms with Crippen molar-refractivity contribution in [1.82, 2.24) is 10.3 Å². The molecule has 2 rings (SSSR count). The number of aryl methyl sites for hydroxylation is 1. The lowest BCUT2D eigenvalue weighted by Gasteiger charge is -2.06. The van der Waals surface area contributed by atoms with Gasteiger partial charge in [-0.2, -0.15) is 0 Å². The molecule has 0 aliphatic rings. The minimum absolute atomic E-state index is 0.192. The van der Waals surface area contributed by atoms with Crippen LogP contribution in [0.25, 0.3) is 0 Å². The van der Waals surface area contributed by atoms with Gasteiger partial charge < -0.3 is 15.7 Å². The van der Waals surface area contributed by atoms with Crippen LogP contribution in [-0.4, -0.2) is 28.4 Å². The van der Waals surface area contributed by atoms with Gasteiger partial charge in [-0.05, 0) is 42.7 Å². The normalized spacial score (nSPS) is 10.0. The fourth-order valence-electron chi connectivity index (χ4n) is 1.78. The number of aromatic nitrogens is 1. The van der Waals surface area contributed by atoms with E-state index in [1.807, 2.05) is 6.92 Å². The van der Waals surface area contributed by atoms with E-state index in [4.69, 9.17) is 0 Å². The monoisotopic (exact) mass is 299 g/mol. The lowest BCUT2D eigenvalue weighted by molar-refractivity contribution is -0.136. The van der Waals surface area contributed by atoms with Crippen molar-refractivity contribution in [2.75, 3.05) is 11.9 Å². The van der Waals surface area contributed by atoms with Crippen LogP contribution < -0.4 is 10.6 Å². The molecule has 0 aliphatic heterocycles. The summed E-state index contributed by atoms with van der Waals surface area (Å²) in [6.07, 6.45) is 2.18. The maximum Gasteiger partial charge on any atom is 0.314 e. The van der Waals surface area contributed by atoms with Crippen LogP contribution in [0.2, 0.25) is 0 Å². The quantitative estimate of drug-likeness (QED) is 0.744. The summed E-state index contributed by atoms with van der Waals surface area (Å²) in [5.74, 6) is -0.926. The zero-order chi connectivity index (χ0) is 15.9. The molecule has 0 bridgehead atoms. The average Bonchev–Trinajstić information content (AvgIpc) is 2.51. The number of nitrogens with zero attached hydrogens (tertiary/aromatic N) is 1. The third-order valence-electron chi connectivity index (χ3n) is 2.99. The fourth-order valence-corrected chi connectivity index (χ4v) is 1.78. The highest BCUT2D eigenvalue weighted by Crippen LogP contribution is 2.09. The number of rotatable bonds is 4. The lowest BCUT2D eigenvalue weighted by atomic mass is 10.1. The Bertz CT molecular complexity index is 651. The molecule has 0 aliphatic carbocycles. The van der Waals surface area contributed by atoms with E-state index in [-0.39, 0.29) is 5.75 Å². The van der Waals surface area contributed by atoms with Crippen LogP contribution in [0.1, 0.15) is 11.1 Å². The molecule has 0 unspecified atom stereocenters. The molecule has 1 aromatic carbocycles. The van der Waals surface area contributed by atoms with E-state index in [9.17, 15) is 14.7 Å². The molecule has 2 aromatic rings. The Hall–Kier alpha value is -2.89. The third-order valence-corrected chi connectivity index (χ3v) is 2.99. The number of hydrogen-bond acceptors (Lipinski definition) is 4. The molecular weight excluding hydrogens is 282 g/mol. The van der Waals surface area contributed by atoms with Gasteiger partial charge in [0.1, 0.15) is 11.6 Å². The van der Waals surface area contributed by atoms with Crippen molar-refractivity contribution < 1.29 is 14.7 Å². The van der Waals surface area contributed by atoms with Gasteiger partial charge in [0.15, 0.2) is 0 Å². The summed E-state index contributed by atoms with van der Waals surface area (Å²) in [6, 6.07) is 10.1. The molecule has 0 radical (unpaired) electrons. The third kappa shape index (κ3) is 4.59. The number of aromatic hydroxyl groups is 1. The van der Waals surface area contributed by atoms with E-state index >= 15 is 0 Å². The summed E-state index contributed by atoms with van der Waals surface area (Å²) < 4.78 is 0. The van der Waals surface area contributed by atoms with Crippen LogP contribution in [-0.2, 0) is 16.0 Å². The number of hydrogen-bond donors (Lipinski definition) is 3. The number of carbonyl (C=O) groups is 2. The van der Waals surface area contributed by atoms with Crippen molar-refractivity contribution in [3.63, 3.8) is 0 Å². The molecule has 0 saturated carbocycles. The van der Waals surface area contributed by atoms with Gasteiger partial charge in [0.25, 0.3) is 0 Å². The summed E-state index contributed by atoms with van der Waals surface area (Å²) in [4.78, 5) is 27.4. The first kappa shape index (κ1) is 15.5. The Kier molecular flexibility index (Phi) is 5.08. The SMILES string of the molecule is Cc1ccc(NC(=O)C(=O)NCCc2ccc(O)cc2)nc1. The minimum Gasteiger partial charge on any atom is -0.508 e. The van der Waals surface area contributed by atoms with Gasteiger partial charge in [-0.15, -0.1) is 0 Å². The van der Waals surface area contributed by atoms with Gasteiger partial charge >= 0.3 is 11.8 Å². The van der Waals surface area contributed by atoms with E-state index in [0.717, 1.165) is 11.1 Å². The predicted octanol–water partition coefficient (Wildman–Crippen LogP) is 1.39. The van der Waals surface area contributed by atoms with Crippen LogP contribution in [0.15, 0.2) is 42.6 Å². The number of phenolic OH excluding ortho intramolecular Hbond substituents is 1. The first-order chi connectivity index (χ1) is 10.5. The van der Waals surface area contributed by atoms with Gasteiger partial charge in [0.2, 0.25) is 0 Å². The Morgan fingerprint density at radius 1 is 1.09 bits per heavy atom. The second-order valence-corrected chi connectivity index (χ2v) is 4.85. The van der Waals surface area contributed by atoms with Crippen molar-refractivity contribution in [3.8, 4) is 5.75 Å². The van der Waals surface area contributed by atoms with Crippen molar-refractivity contribution in [2.45, 2.75) is 13.3 Å². The van der Waals surface area contributed by atoms with Gasteiger partial charge in [0, 0.05) is 12.7 Å². The van der Waals surface area contributed by atoms with Crippen LogP contribution in [0.5, 0.6) is 5.75 Å². The van der Waals surface area contributed by atoms with E-state index in [1.54, 1.807) is 42.6 Å². The van der Waals surface area contributed by atoms with E-state index in [1.165, 1.54) is 0 Å². The molecule has 0 saturated heterocycles. The molecule has 114 valence electrons. The zero-order valence-electron chi connectivity index (χ0n) is 12.2. The topological polar surface area (TPSA) is 91.3 Å². The average molecular weight is 299 g/mol. The Morgan fingerprint density at radius 3 is 2.45 bits per heavy atom. The first-order valence-corrected chi connectivity index (χ1v) is 6.84. The Morgan fingerprint density at radius 2 is 1.82 bits per heavy atom. The predicted molar refractivity (Wildman–Crippen MR) is 82.4 cm³/mol. The number of carbonyl (C=O) groups excluding carboxylic acids is 2. The largest absolute Gasteiger partial charge is 0.508 e. The zero-order valence-corrected chi connectivity index (χ0v) is 12.2. The summed E-state index contributed by atoms with van der Waals surface area (Å²) >= 11 is 0. The highest BCUT2D eigenvalue weighted by atomic mass is 16.3. The van der Waals surface area contributed by atoms with E-state index in [2.05, 4.69) is 15.6 Å². The molecule has 0 fully saturated rings. The molecule has 3 N–H and O–H groups in total. The highest BCUT2D eigenvalue weighted by Gasteiger charge is 2.13. The molecule has 6 heteroatoms. The van der Waals surface area contributed by atoms with E-state index < -0.39 is 11.8 Å². The lowest BCUT2D eigenvalue weighted by Crippen LogP contribution is -2.36.